The van der Waals surface area contributed by atoms with Gasteiger partial charge in [-0.2, -0.15) is 5.10 Å². The van der Waals surface area contributed by atoms with Gasteiger partial charge < -0.3 is 0 Å². The molecule has 1 aromatic rings. The second kappa shape index (κ2) is 7.86. The summed E-state index contributed by atoms with van der Waals surface area (Å²) in [6.45, 7) is 5.77. The predicted molar refractivity (Wildman–Crippen MR) is 74.9 cm³/mol. The second-order valence-corrected chi connectivity index (χ2v) is 4.30. The molecule has 19 heavy (non-hydrogen) atoms. The number of rotatable bonds is 6. The molecule has 4 nitrogen and oxygen atoms in total. The van der Waals surface area contributed by atoms with Gasteiger partial charge in [0.25, 0.3) is 5.91 Å². The summed E-state index contributed by atoms with van der Waals surface area (Å²) in [6.07, 6.45) is 1.21. The van der Waals surface area contributed by atoms with Crippen molar-refractivity contribution in [3.05, 3.63) is 34.6 Å². The first-order valence-corrected chi connectivity index (χ1v) is 6.44. The van der Waals surface area contributed by atoms with Crippen LogP contribution in [0.5, 0.6) is 0 Å². The van der Waals surface area contributed by atoms with Crippen LogP contribution in [0.3, 0.4) is 0 Å². The summed E-state index contributed by atoms with van der Waals surface area (Å²) in [5.74, 6) is -0.721. The van der Waals surface area contributed by atoms with Crippen molar-refractivity contribution in [1.82, 2.24) is 10.3 Å². The number of carbonyl (C=O) groups is 1. The second-order valence-electron chi connectivity index (χ2n) is 3.89. The molecule has 0 radical (unpaired) electrons. The van der Waals surface area contributed by atoms with Gasteiger partial charge in [-0.3, -0.25) is 9.69 Å². The SMILES string of the molecule is CCN(CC)CC(=O)N/N=C/c1c(F)cccc1Cl. The third-order valence-corrected chi connectivity index (χ3v) is 2.97. The molecule has 6 heteroatoms. The third kappa shape index (κ3) is 4.96. The number of likely N-dealkylation sites (N-methyl/N-ethyl adjacent to an activating group) is 1. The number of carbonyl (C=O) groups excluding carboxylic acids is 1. The van der Waals surface area contributed by atoms with Crippen molar-refractivity contribution in [2.45, 2.75) is 13.8 Å². The fourth-order valence-electron chi connectivity index (χ4n) is 1.49. The van der Waals surface area contributed by atoms with E-state index < -0.39 is 5.82 Å². The highest BCUT2D eigenvalue weighted by atomic mass is 35.5. The highest BCUT2D eigenvalue weighted by molar-refractivity contribution is 6.33. The van der Waals surface area contributed by atoms with E-state index in [1.165, 1.54) is 18.3 Å². The van der Waals surface area contributed by atoms with Crippen LogP contribution < -0.4 is 5.43 Å². The monoisotopic (exact) mass is 285 g/mol. The van der Waals surface area contributed by atoms with Crippen LogP contribution in [0, 0.1) is 5.82 Å². The van der Waals surface area contributed by atoms with Crippen LogP contribution in [0.1, 0.15) is 19.4 Å². The van der Waals surface area contributed by atoms with E-state index in [1.807, 2.05) is 18.7 Å². The van der Waals surface area contributed by atoms with Crippen LogP contribution in [0.15, 0.2) is 23.3 Å². The predicted octanol–water partition coefficient (Wildman–Crippen LogP) is 2.27. The Morgan fingerprint density at radius 1 is 1.47 bits per heavy atom. The molecule has 0 aromatic heterocycles. The lowest BCUT2D eigenvalue weighted by molar-refractivity contribution is -0.122. The Labute approximate surface area is 117 Å². The van der Waals surface area contributed by atoms with E-state index in [1.54, 1.807) is 6.07 Å². The molecule has 0 aliphatic heterocycles. The molecule has 104 valence electrons. The number of hydrazone groups is 1. The maximum absolute atomic E-state index is 13.4. The molecule has 0 fully saturated rings. The first-order chi connectivity index (χ1) is 9.08. The Balaban J connectivity index is 2.56. The van der Waals surface area contributed by atoms with E-state index in [2.05, 4.69) is 10.5 Å². The molecule has 0 atom stereocenters. The quantitative estimate of drug-likeness (QED) is 0.644. The number of hydrogen-bond acceptors (Lipinski definition) is 3. The first-order valence-electron chi connectivity index (χ1n) is 6.06. The minimum absolute atomic E-state index is 0.160. The van der Waals surface area contributed by atoms with Crippen LogP contribution in [0.2, 0.25) is 5.02 Å². The number of amides is 1. The molecule has 0 aliphatic rings. The molecule has 1 amide bonds. The summed E-state index contributed by atoms with van der Waals surface area (Å²) in [5, 5.41) is 3.96. The van der Waals surface area contributed by atoms with Crippen molar-refractivity contribution < 1.29 is 9.18 Å². The molecule has 0 heterocycles. The van der Waals surface area contributed by atoms with Crippen molar-refractivity contribution in [2.75, 3.05) is 19.6 Å². The van der Waals surface area contributed by atoms with E-state index in [0.717, 1.165) is 13.1 Å². The van der Waals surface area contributed by atoms with Gasteiger partial charge in [-0.1, -0.05) is 31.5 Å². The number of benzene rings is 1. The van der Waals surface area contributed by atoms with Crippen LogP contribution in [-0.4, -0.2) is 36.7 Å². The minimum atomic E-state index is -0.478. The average Bonchev–Trinajstić information content (AvgIpc) is 2.39. The average molecular weight is 286 g/mol. The van der Waals surface area contributed by atoms with Gasteiger partial charge in [0.1, 0.15) is 5.82 Å². The standard InChI is InChI=1S/C13H17ClFN3O/c1-3-18(4-2)9-13(19)17-16-8-10-11(14)6-5-7-12(10)15/h5-8H,3-4,9H2,1-2H3,(H,17,19)/b16-8+. The van der Waals surface area contributed by atoms with E-state index >= 15 is 0 Å². The normalized spacial score (nSPS) is 11.2. The third-order valence-electron chi connectivity index (χ3n) is 2.64. The number of nitrogens with zero attached hydrogens (tertiary/aromatic N) is 2. The molecule has 0 saturated carbocycles. The number of nitrogens with one attached hydrogen (secondary N) is 1. The smallest absolute Gasteiger partial charge is 0.254 e. The lowest BCUT2D eigenvalue weighted by Gasteiger charge is -2.15. The zero-order chi connectivity index (χ0) is 14.3. The maximum atomic E-state index is 13.4. The topological polar surface area (TPSA) is 44.7 Å². The van der Waals surface area contributed by atoms with Gasteiger partial charge in [0.2, 0.25) is 0 Å². The van der Waals surface area contributed by atoms with Crippen LogP contribution in [0.25, 0.3) is 0 Å². The molecule has 0 saturated heterocycles. The van der Waals surface area contributed by atoms with Crippen molar-refractivity contribution in [1.29, 1.82) is 0 Å². The van der Waals surface area contributed by atoms with Gasteiger partial charge in [0.05, 0.1) is 17.8 Å². The van der Waals surface area contributed by atoms with Crippen molar-refractivity contribution in [3.8, 4) is 0 Å². The van der Waals surface area contributed by atoms with Gasteiger partial charge in [0.15, 0.2) is 0 Å². The van der Waals surface area contributed by atoms with E-state index in [4.69, 9.17) is 11.6 Å². The highest BCUT2D eigenvalue weighted by Gasteiger charge is 2.06. The summed E-state index contributed by atoms with van der Waals surface area (Å²) < 4.78 is 13.4. The van der Waals surface area contributed by atoms with Crippen LogP contribution in [0.4, 0.5) is 4.39 Å². The largest absolute Gasteiger partial charge is 0.295 e. The summed E-state index contributed by atoms with van der Waals surface area (Å²) in [4.78, 5) is 13.5. The molecule has 1 rings (SSSR count). The van der Waals surface area contributed by atoms with E-state index in [0.29, 0.717) is 0 Å². The number of halogens is 2. The molecular formula is C13H17ClFN3O. The fourth-order valence-corrected chi connectivity index (χ4v) is 1.70. The molecule has 1 aromatic carbocycles. The molecule has 1 N–H and O–H groups in total. The van der Waals surface area contributed by atoms with Crippen molar-refractivity contribution >= 4 is 23.7 Å². The molecular weight excluding hydrogens is 269 g/mol. The Kier molecular flexibility index (Phi) is 6.45. The molecule has 0 unspecified atom stereocenters. The number of hydrogen-bond donors (Lipinski definition) is 1. The van der Waals surface area contributed by atoms with Gasteiger partial charge in [-0.25, -0.2) is 9.82 Å². The zero-order valence-electron chi connectivity index (χ0n) is 11.0. The van der Waals surface area contributed by atoms with Crippen LogP contribution >= 0.6 is 11.6 Å². The van der Waals surface area contributed by atoms with Crippen molar-refractivity contribution in [3.63, 3.8) is 0 Å². The lowest BCUT2D eigenvalue weighted by atomic mass is 10.2. The summed E-state index contributed by atoms with van der Waals surface area (Å²) in [5.41, 5.74) is 2.51. The fraction of sp³-hybridized carbons (Fsp3) is 0.385. The Morgan fingerprint density at radius 2 is 2.16 bits per heavy atom. The molecule has 0 spiro atoms. The minimum Gasteiger partial charge on any atom is -0.295 e. The van der Waals surface area contributed by atoms with Gasteiger partial charge >= 0.3 is 0 Å². The Morgan fingerprint density at radius 3 is 2.74 bits per heavy atom. The van der Waals surface area contributed by atoms with E-state index in [-0.39, 0.29) is 23.0 Å². The zero-order valence-corrected chi connectivity index (χ0v) is 11.7. The molecule has 0 aliphatic carbocycles. The Bertz CT molecular complexity index is 441. The van der Waals surface area contributed by atoms with Crippen LogP contribution in [-0.2, 0) is 4.79 Å². The van der Waals surface area contributed by atoms with Gasteiger partial charge in [-0.15, -0.1) is 0 Å². The summed E-state index contributed by atoms with van der Waals surface area (Å²) in [6, 6.07) is 4.35. The summed E-state index contributed by atoms with van der Waals surface area (Å²) >= 11 is 5.82. The molecule has 0 bridgehead atoms. The van der Waals surface area contributed by atoms with Crippen molar-refractivity contribution in [2.24, 2.45) is 5.10 Å². The van der Waals surface area contributed by atoms with Gasteiger partial charge in [0, 0.05) is 5.56 Å². The highest BCUT2D eigenvalue weighted by Crippen LogP contribution is 2.16. The van der Waals surface area contributed by atoms with Gasteiger partial charge in [-0.05, 0) is 25.2 Å². The summed E-state index contributed by atoms with van der Waals surface area (Å²) in [7, 11) is 0. The Hall–Kier alpha value is -1.46. The maximum Gasteiger partial charge on any atom is 0.254 e. The lowest BCUT2D eigenvalue weighted by Crippen LogP contribution is -2.35. The van der Waals surface area contributed by atoms with E-state index in [9.17, 15) is 9.18 Å². The first kappa shape index (κ1) is 15.6.